The van der Waals surface area contributed by atoms with Crippen LogP contribution in [0.15, 0.2) is 16.9 Å². The summed E-state index contributed by atoms with van der Waals surface area (Å²) in [6.45, 7) is 0. The van der Waals surface area contributed by atoms with Crippen LogP contribution < -0.4 is 20.7 Å². The third kappa shape index (κ3) is 2.46. The number of nitrogen functional groups attached to an aromatic ring is 1. The molecule has 0 unspecified atom stereocenters. The maximum Gasteiger partial charge on any atom is 0.282 e. The van der Waals surface area contributed by atoms with Crippen molar-refractivity contribution in [1.82, 2.24) is 15.3 Å². The highest BCUT2D eigenvalue weighted by Gasteiger charge is 2.20. The normalized spacial score (nSPS) is 10.2. The van der Waals surface area contributed by atoms with Crippen LogP contribution in [0.5, 0.6) is 5.88 Å². The summed E-state index contributed by atoms with van der Waals surface area (Å²) in [4.78, 5) is 17.9. The molecule has 9 heteroatoms. The minimum absolute atomic E-state index is 0.0863. The summed E-state index contributed by atoms with van der Waals surface area (Å²) in [6, 6.07) is 1.74. The molecule has 0 aliphatic rings. The molecule has 0 spiro atoms. The summed E-state index contributed by atoms with van der Waals surface area (Å²) in [6.07, 6.45) is 1.58. The lowest BCUT2D eigenvalue weighted by Crippen LogP contribution is -2.19. The summed E-state index contributed by atoms with van der Waals surface area (Å²) in [5.41, 5.74) is 6.51. The summed E-state index contributed by atoms with van der Waals surface area (Å²) in [5, 5.41) is 9.44. The monoisotopic (exact) mass is 278 g/mol. The van der Waals surface area contributed by atoms with Crippen LogP contribution in [0.2, 0.25) is 0 Å². The predicted molar refractivity (Wildman–Crippen MR) is 71.8 cm³/mol. The van der Waals surface area contributed by atoms with Gasteiger partial charge < -0.3 is 20.7 Å². The number of methoxy groups -OCH3 is 1. The molecule has 106 valence electrons. The zero-order chi connectivity index (χ0) is 14.7. The summed E-state index contributed by atoms with van der Waals surface area (Å²) in [5.74, 6) is -0.366. The molecule has 0 aromatic carbocycles. The fraction of sp³-hybridized carbons (Fsp3) is 0.273. The lowest BCUT2D eigenvalue weighted by Gasteiger charge is -2.18. The maximum absolute atomic E-state index is 12.1. The minimum Gasteiger partial charge on any atom is -0.479 e. The second kappa shape index (κ2) is 5.43. The minimum atomic E-state index is -0.557. The van der Waals surface area contributed by atoms with E-state index < -0.39 is 5.91 Å². The van der Waals surface area contributed by atoms with Crippen molar-refractivity contribution in [3.63, 3.8) is 0 Å². The molecule has 0 radical (unpaired) electrons. The van der Waals surface area contributed by atoms with Crippen molar-refractivity contribution in [3.8, 4) is 5.88 Å². The van der Waals surface area contributed by atoms with Gasteiger partial charge >= 0.3 is 0 Å². The first-order valence-corrected chi connectivity index (χ1v) is 5.64. The highest BCUT2D eigenvalue weighted by atomic mass is 16.6. The third-order valence-electron chi connectivity index (χ3n) is 2.54. The van der Waals surface area contributed by atoms with E-state index in [-0.39, 0.29) is 17.4 Å². The molecule has 20 heavy (non-hydrogen) atoms. The number of anilines is 3. The van der Waals surface area contributed by atoms with Gasteiger partial charge in [-0.25, -0.2) is 9.61 Å². The Bertz CT molecular complexity index is 624. The molecule has 0 atom stereocenters. The van der Waals surface area contributed by atoms with E-state index in [1.54, 1.807) is 12.3 Å². The molecule has 0 saturated heterocycles. The number of rotatable bonds is 4. The van der Waals surface area contributed by atoms with Crippen molar-refractivity contribution >= 4 is 23.1 Å². The summed E-state index contributed by atoms with van der Waals surface area (Å²) < 4.78 is 9.54. The first kappa shape index (κ1) is 13.6. The van der Waals surface area contributed by atoms with Crippen LogP contribution in [0.4, 0.5) is 17.2 Å². The molecule has 1 amide bonds. The molecule has 2 aromatic rings. The Hall–Kier alpha value is -2.84. The van der Waals surface area contributed by atoms with Gasteiger partial charge in [0.25, 0.3) is 5.91 Å². The van der Waals surface area contributed by atoms with Crippen molar-refractivity contribution in [2.24, 2.45) is 0 Å². The van der Waals surface area contributed by atoms with Gasteiger partial charge in [0.2, 0.25) is 17.4 Å². The lowest BCUT2D eigenvalue weighted by atomic mass is 10.3. The van der Waals surface area contributed by atoms with Crippen LogP contribution >= 0.6 is 0 Å². The second-order valence-electron chi connectivity index (χ2n) is 4.06. The molecule has 0 aliphatic heterocycles. The number of carbonyl (C=O) groups is 1. The van der Waals surface area contributed by atoms with E-state index in [4.69, 9.17) is 10.5 Å². The average molecular weight is 278 g/mol. The fourth-order valence-corrected chi connectivity index (χ4v) is 1.60. The molecule has 0 bridgehead atoms. The van der Waals surface area contributed by atoms with Crippen LogP contribution in [-0.2, 0) is 0 Å². The highest BCUT2D eigenvalue weighted by Crippen LogP contribution is 2.32. The SMILES string of the molecule is COc1nccc(N(C)C)c1NC(=O)c1nonc1N. The zero-order valence-corrected chi connectivity index (χ0v) is 11.2. The van der Waals surface area contributed by atoms with Gasteiger partial charge in [-0.1, -0.05) is 0 Å². The van der Waals surface area contributed by atoms with Crippen LogP contribution in [-0.4, -0.2) is 42.4 Å². The molecular formula is C11H14N6O3. The standard InChI is InChI=1S/C11H14N6O3/c1-17(2)6-4-5-13-11(19-3)7(6)14-10(18)8-9(12)16-20-15-8/h4-5H,1-3H3,(H2,12,16)(H,14,18). The van der Waals surface area contributed by atoms with E-state index >= 15 is 0 Å². The third-order valence-corrected chi connectivity index (χ3v) is 2.54. The number of nitrogens with zero attached hydrogens (tertiary/aromatic N) is 4. The molecule has 2 rings (SSSR count). The number of nitrogens with one attached hydrogen (secondary N) is 1. The van der Waals surface area contributed by atoms with Crippen LogP contribution in [0, 0.1) is 0 Å². The fourth-order valence-electron chi connectivity index (χ4n) is 1.60. The van der Waals surface area contributed by atoms with Gasteiger partial charge in [0, 0.05) is 20.3 Å². The first-order chi connectivity index (χ1) is 9.54. The number of hydrogen-bond donors (Lipinski definition) is 2. The van der Waals surface area contributed by atoms with E-state index in [1.807, 2.05) is 19.0 Å². The van der Waals surface area contributed by atoms with Gasteiger partial charge in [-0.3, -0.25) is 4.79 Å². The number of carbonyl (C=O) groups excluding carboxylic acids is 1. The van der Waals surface area contributed by atoms with E-state index in [0.29, 0.717) is 5.69 Å². The van der Waals surface area contributed by atoms with Gasteiger partial charge in [-0.05, 0) is 16.4 Å². The van der Waals surface area contributed by atoms with E-state index in [1.165, 1.54) is 7.11 Å². The van der Waals surface area contributed by atoms with Gasteiger partial charge in [0.1, 0.15) is 5.69 Å². The first-order valence-electron chi connectivity index (χ1n) is 5.64. The lowest BCUT2D eigenvalue weighted by molar-refractivity contribution is 0.101. The molecule has 9 nitrogen and oxygen atoms in total. The number of hydrogen-bond acceptors (Lipinski definition) is 8. The van der Waals surface area contributed by atoms with Gasteiger partial charge in [0.15, 0.2) is 0 Å². The number of pyridine rings is 1. The highest BCUT2D eigenvalue weighted by molar-refractivity contribution is 6.07. The van der Waals surface area contributed by atoms with E-state index in [9.17, 15) is 4.79 Å². The number of ether oxygens (including phenoxy) is 1. The van der Waals surface area contributed by atoms with Gasteiger partial charge in [-0.2, -0.15) is 0 Å². The van der Waals surface area contributed by atoms with Crippen molar-refractivity contribution < 1.29 is 14.2 Å². The second-order valence-corrected chi connectivity index (χ2v) is 4.06. The average Bonchev–Trinajstić information content (AvgIpc) is 2.85. The molecule has 2 aromatic heterocycles. The quantitative estimate of drug-likeness (QED) is 0.823. The Morgan fingerprint density at radius 1 is 1.45 bits per heavy atom. The Balaban J connectivity index is 2.37. The Morgan fingerprint density at radius 3 is 2.75 bits per heavy atom. The largest absolute Gasteiger partial charge is 0.479 e. The van der Waals surface area contributed by atoms with Crippen molar-refractivity contribution in [1.29, 1.82) is 0 Å². The van der Waals surface area contributed by atoms with Crippen molar-refractivity contribution in [2.75, 3.05) is 37.2 Å². The van der Waals surface area contributed by atoms with Crippen LogP contribution in [0.3, 0.4) is 0 Å². The molecule has 3 N–H and O–H groups in total. The Labute approximate surface area is 114 Å². The molecule has 0 saturated carbocycles. The van der Waals surface area contributed by atoms with Crippen molar-refractivity contribution in [3.05, 3.63) is 18.0 Å². The molecule has 0 fully saturated rings. The van der Waals surface area contributed by atoms with Gasteiger partial charge in [-0.15, -0.1) is 0 Å². The van der Waals surface area contributed by atoms with Crippen LogP contribution in [0.25, 0.3) is 0 Å². The molecule has 2 heterocycles. The molecule has 0 aliphatic carbocycles. The van der Waals surface area contributed by atoms with E-state index in [2.05, 4.69) is 25.2 Å². The number of amides is 1. The number of aromatic nitrogens is 3. The smallest absolute Gasteiger partial charge is 0.282 e. The van der Waals surface area contributed by atoms with Crippen LogP contribution in [0.1, 0.15) is 10.5 Å². The Morgan fingerprint density at radius 2 is 2.20 bits per heavy atom. The predicted octanol–water partition coefficient (Wildman–Crippen LogP) is 0.374. The summed E-state index contributed by atoms with van der Waals surface area (Å²) >= 11 is 0. The topological polar surface area (TPSA) is 119 Å². The number of nitrogens with two attached hydrogens (primary N) is 1. The van der Waals surface area contributed by atoms with E-state index in [0.717, 1.165) is 5.69 Å². The zero-order valence-electron chi connectivity index (χ0n) is 11.2. The van der Waals surface area contributed by atoms with Gasteiger partial charge in [0.05, 0.1) is 12.8 Å². The van der Waals surface area contributed by atoms with Crippen molar-refractivity contribution in [2.45, 2.75) is 0 Å². The summed E-state index contributed by atoms with van der Waals surface area (Å²) in [7, 11) is 5.12. The molecular weight excluding hydrogens is 264 g/mol. The maximum atomic E-state index is 12.1. The Kier molecular flexibility index (Phi) is 3.69.